The Labute approximate surface area is 73.5 Å². The van der Waals surface area contributed by atoms with E-state index in [1.807, 2.05) is 0 Å². The Morgan fingerprint density at radius 1 is 1.54 bits per heavy atom. The van der Waals surface area contributed by atoms with Gasteiger partial charge in [0.1, 0.15) is 5.69 Å². The van der Waals surface area contributed by atoms with Gasteiger partial charge in [0, 0.05) is 11.8 Å². The molecule has 1 aromatic rings. The number of nitrogens with zero attached hydrogens (tertiary/aromatic N) is 2. The van der Waals surface area contributed by atoms with Gasteiger partial charge in [0.15, 0.2) is 0 Å². The minimum absolute atomic E-state index is 0.00620. The Kier molecular flexibility index (Phi) is 2.23. The van der Waals surface area contributed by atoms with Crippen molar-refractivity contribution < 1.29 is 4.92 Å². The van der Waals surface area contributed by atoms with Crippen molar-refractivity contribution in [3.8, 4) is 0 Å². The normalized spacial score (nSPS) is 9.62. The first-order valence-electron chi connectivity index (χ1n) is 3.44. The van der Waals surface area contributed by atoms with Gasteiger partial charge >= 0.3 is 0 Å². The van der Waals surface area contributed by atoms with Gasteiger partial charge in [-0.1, -0.05) is 0 Å². The number of rotatable bonds is 2. The lowest BCUT2D eigenvalue weighted by Crippen LogP contribution is -1.94. The third-order valence-electron chi connectivity index (χ3n) is 1.67. The first-order chi connectivity index (χ1) is 6.06. The lowest BCUT2D eigenvalue weighted by Gasteiger charge is -2.00. The summed E-state index contributed by atoms with van der Waals surface area (Å²) in [5.74, 6) is 0. The van der Waals surface area contributed by atoms with E-state index in [4.69, 9.17) is 5.73 Å². The highest BCUT2D eigenvalue weighted by molar-refractivity contribution is 5.64. The molecule has 0 aliphatic heterocycles. The highest BCUT2D eigenvalue weighted by Crippen LogP contribution is 2.30. The Morgan fingerprint density at radius 2 is 2.15 bits per heavy atom. The van der Waals surface area contributed by atoms with Crippen LogP contribution in [0.2, 0.25) is 0 Å². The molecule has 0 aromatic heterocycles. The van der Waals surface area contributed by atoms with Crippen molar-refractivity contribution >= 4 is 17.1 Å². The number of nitrogen functional groups attached to an aromatic ring is 1. The molecule has 0 aliphatic carbocycles. The Morgan fingerprint density at radius 3 is 2.62 bits per heavy atom. The zero-order chi connectivity index (χ0) is 10.0. The number of nitro groups is 1. The molecule has 1 aromatic carbocycles. The van der Waals surface area contributed by atoms with Crippen LogP contribution in [0.25, 0.3) is 0 Å². The van der Waals surface area contributed by atoms with E-state index in [0.29, 0.717) is 0 Å². The molecule has 13 heavy (non-hydrogen) atoms. The summed E-state index contributed by atoms with van der Waals surface area (Å²) in [5, 5.41) is 13.1. The topological polar surface area (TPSA) is 98.6 Å². The predicted octanol–water partition coefficient (Wildman–Crippen LogP) is 1.88. The van der Waals surface area contributed by atoms with Gasteiger partial charge in [-0.3, -0.25) is 10.1 Å². The predicted molar refractivity (Wildman–Crippen MR) is 47.7 cm³/mol. The molecule has 0 unspecified atom stereocenters. The molecular formula is C7H7N3O3. The van der Waals surface area contributed by atoms with Crippen molar-refractivity contribution in [1.29, 1.82) is 0 Å². The van der Waals surface area contributed by atoms with Gasteiger partial charge in [-0.2, -0.15) is 0 Å². The van der Waals surface area contributed by atoms with E-state index in [1.165, 1.54) is 19.1 Å². The smallest absolute Gasteiger partial charge is 0.276 e. The molecule has 1 rings (SSSR count). The van der Waals surface area contributed by atoms with E-state index in [2.05, 4.69) is 5.18 Å². The monoisotopic (exact) mass is 181 g/mol. The van der Waals surface area contributed by atoms with Gasteiger partial charge in [-0.25, -0.2) is 0 Å². The van der Waals surface area contributed by atoms with E-state index in [1.54, 1.807) is 0 Å². The summed E-state index contributed by atoms with van der Waals surface area (Å²) in [6.07, 6.45) is 0. The number of hydrogen-bond acceptors (Lipinski definition) is 5. The lowest BCUT2D eigenvalue weighted by molar-refractivity contribution is -0.385. The first kappa shape index (κ1) is 9.11. The van der Waals surface area contributed by atoms with Crippen LogP contribution in [0.4, 0.5) is 17.1 Å². The highest BCUT2D eigenvalue weighted by Gasteiger charge is 2.15. The fourth-order valence-electron chi connectivity index (χ4n) is 0.990. The highest BCUT2D eigenvalue weighted by atomic mass is 16.6. The van der Waals surface area contributed by atoms with E-state index >= 15 is 0 Å². The van der Waals surface area contributed by atoms with E-state index in [-0.39, 0.29) is 22.6 Å². The van der Waals surface area contributed by atoms with Crippen LogP contribution in [0.5, 0.6) is 0 Å². The van der Waals surface area contributed by atoms with Gasteiger partial charge in [-0.15, -0.1) is 4.91 Å². The maximum atomic E-state index is 10.4. The van der Waals surface area contributed by atoms with E-state index in [9.17, 15) is 15.0 Å². The second kappa shape index (κ2) is 3.18. The van der Waals surface area contributed by atoms with Crippen molar-refractivity contribution in [2.75, 3.05) is 5.73 Å². The third kappa shape index (κ3) is 1.61. The van der Waals surface area contributed by atoms with Crippen LogP contribution in [0.15, 0.2) is 17.3 Å². The van der Waals surface area contributed by atoms with Crippen LogP contribution in [0, 0.1) is 21.9 Å². The average molecular weight is 181 g/mol. The molecule has 2 N–H and O–H groups in total. The number of nitrogens with two attached hydrogens (primary N) is 1. The largest absolute Gasteiger partial charge is 0.398 e. The summed E-state index contributed by atoms with van der Waals surface area (Å²) in [5.41, 5.74) is 5.55. The van der Waals surface area contributed by atoms with Crippen LogP contribution in [0.3, 0.4) is 0 Å². The summed E-state index contributed by atoms with van der Waals surface area (Å²) in [7, 11) is 0. The number of hydrogen-bond donors (Lipinski definition) is 1. The quantitative estimate of drug-likeness (QED) is 0.326. The second-order valence-electron chi connectivity index (χ2n) is 2.53. The zero-order valence-electron chi connectivity index (χ0n) is 6.85. The Bertz CT molecular complexity index is 375. The van der Waals surface area contributed by atoms with Crippen molar-refractivity contribution in [3.63, 3.8) is 0 Å². The van der Waals surface area contributed by atoms with Crippen molar-refractivity contribution in [1.82, 2.24) is 0 Å². The maximum absolute atomic E-state index is 10.4. The molecule has 68 valence electrons. The standard InChI is InChI=1S/C7H7N3O3/c1-4-6(9-11)2-5(8)3-7(4)10(12)13/h2-3H,8H2,1H3. The molecule has 0 radical (unpaired) electrons. The molecule has 0 bridgehead atoms. The van der Waals surface area contributed by atoms with Crippen molar-refractivity contribution in [2.24, 2.45) is 5.18 Å². The van der Waals surface area contributed by atoms with Crippen LogP contribution in [-0.2, 0) is 0 Å². The molecule has 0 heterocycles. The fraction of sp³-hybridized carbons (Fsp3) is 0.143. The molecular weight excluding hydrogens is 174 g/mol. The van der Waals surface area contributed by atoms with E-state index in [0.717, 1.165) is 0 Å². The average Bonchev–Trinajstić information content (AvgIpc) is 2.08. The molecule has 6 nitrogen and oxygen atoms in total. The summed E-state index contributed by atoms with van der Waals surface area (Å²) in [6.45, 7) is 1.45. The zero-order valence-corrected chi connectivity index (χ0v) is 6.85. The number of benzene rings is 1. The summed E-state index contributed by atoms with van der Waals surface area (Å²) >= 11 is 0. The summed E-state index contributed by atoms with van der Waals surface area (Å²) in [6, 6.07) is 2.50. The van der Waals surface area contributed by atoms with Crippen molar-refractivity contribution in [2.45, 2.75) is 6.92 Å². The molecule has 0 spiro atoms. The maximum Gasteiger partial charge on any atom is 0.276 e. The van der Waals surface area contributed by atoms with E-state index < -0.39 is 4.92 Å². The first-order valence-corrected chi connectivity index (χ1v) is 3.44. The fourth-order valence-corrected chi connectivity index (χ4v) is 0.990. The molecule has 6 heteroatoms. The SMILES string of the molecule is Cc1c(N=O)cc(N)cc1[N+](=O)[O-]. The Hall–Kier alpha value is -1.98. The molecule has 0 atom stereocenters. The molecule has 0 fully saturated rings. The molecule has 0 amide bonds. The van der Waals surface area contributed by atoms with Gasteiger partial charge < -0.3 is 5.73 Å². The van der Waals surface area contributed by atoms with Gasteiger partial charge in [0.2, 0.25) is 0 Å². The molecule has 0 aliphatic rings. The summed E-state index contributed by atoms with van der Waals surface area (Å²) in [4.78, 5) is 20.1. The van der Waals surface area contributed by atoms with Crippen LogP contribution < -0.4 is 5.73 Å². The lowest BCUT2D eigenvalue weighted by atomic mass is 10.1. The second-order valence-corrected chi connectivity index (χ2v) is 2.53. The van der Waals surface area contributed by atoms with Gasteiger partial charge in [0.25, 0.3) is 5.69 Å². The van der Waals surface area contributed by atoms with Crippen LogP contribution in [0.1, 0.15) is 5.56 Å². The molecule has 0 saturated carbocycles. The number of nitroso groups, excluding NO2 is 1. The Balaban J connectivity index is 3.44. The minimum Gasteiger partial charge on any atom is -0.398 e. The number of nitro benzene ring substituents is 1. The molecule has 0 saturated heterocycles. The van der Waals surface area contributed by atoms with Gasteiger partial charge in [-0.05, 0) is 18.2 Å². The van der Waals surface area contributed by atoms with Crippen molar-refractivity contribution in [3.05, 3.63) is 32.7 Å². The summed E-state index contributed by atoms with van der Waals surface area (Å²) < 4.78 is 0. The third-order valence-corrected chi connectivity index (χ3v) is 1.67. The van der Waals surface area contributed by atoms with Crippen LogP contribution in [-0.4, -0.2) is 4.92 Å². The van der Waals surface area contributed by atoms with Gasteiger partial charge in [0.05, 0.1) is 10.5 Å². The minimum atomic E-state index is -0.597. The number of anilines is 1. The van der Waals surface area contributed by atoms with Crippen LogP contribution >= 0.6 is 0 Å².